The lowest BCUT2D eigenvalue weighted by Crippen LogP contribution is -2.34. The fraction of sp³-hybridized carbons (Fsp3) is 0.0667. The number of nitro groups is 1. The van der Waals surface area contributed by atoms with E-state index in [9.17, 15) is 14.9 Å². The number of carbonyl (C=O) groups is 1. The summed E-state index contributed by atoms with van der Waals surface area (Å²) in [5, 5.41) is 16.6. The number of nitro benzene ring substituents is 1. The third-order valence-corrected chi connectivity index (χ3v) is 3.75. The van der Waals surface area contributed by atoms with E-state index >= 15 is 0 Å². The third-order valence-electron chi connectivity index (χ3n) is 3.00. The topological polar surface area (TPSA) is 84.3 Å². The minimum absolute atomic E-state index is 0.0852. The van der Waals surface area contributed by atoms with Gasteiger partial charge in [0.05, 0.1) is 15.5 Å². The summed E-state index contributed by atoms with van der Waals surface area (Å²) in [5.74, 6) is -0.552. The van der Waals surface area contributed by atoms with Gasteiger partial charge in [0.15, 0.2) is 5.11 Å². The second kappa shape index (κ2) is 7.57. The minimum Gasteiger partial charge on any atom is -0.327 e. The zero-order valence-electron chi connectivity index (χ0n) is 12.3. The van der Waals surface area contributed by atoms with Crippen LogP contribution in [0.5, 0.6) is 0 Å². The maximum atomic E-state index is 12.2. The molecule has 0 atom stereocenters. The van der Waals surface area contributed by atoms with Crippen molar-refractivity contribution in [1.82, 2.24) is 5.32 Å². The summed E-state index contributed by atoms with van der Waals surface area (Å²) in [6.45, 7) is 1.74. The molecule has 2 rings (SSSR count). The van der Waals surface area contributed by atoms with Gasteiger partial charge >= 0.3 is 0 Å². The highest BCUT2D eigenvalue weighted by atomic mass is 35.5. The van der Waals surface area contributed by atoms with E-state index in [1.54, 1.807) is 13.0 Å². The molecule has 0 radical (unpaired) electrons. The second-order valence-electron chi connectivity index (χ2n) is 4.81. The number of hydrogen-bond donors (Lipinski definition) is 2. The first-order valence-corrected chi connectivity index (χ1v) is 7.77. The Kier molecular flexibility index (Phi) is 5.71. The lowest BCUT2D eigenvalue weighted by Gasteiger charge is -2.11. The van der Waals surface area contributed by atoms with Gasteiger partial charge in [-0.3, -0.25) is 20.2 Å². The van der Waals surface area contributed by atoms with Crippen molar-refractivity contribution >= 4 is 57.8 Å². The van der Waals surface area contributed by atoms with Gasteiger partial charge in [0.2, 0.25) is 0 Å². The van der Waals surface area contributed by atoms with Crippen molar-refractivity contribution in [2.45, 2.75) is 6.92 Å². The Morgan fingerprint density at radius 2 is 1.92 bits per heavy atom. The Labute approximate surface area is 152 Å². The number of rotatable bonds is 3. The molecular formula is C15H11Cl2N3O3S. The van der Waals surface area contributed by atoms with Crippen molar-refractivity contribution < 1.29 is 9.72 Å². The zero-order chi connectivity index (χ0) is 17.9. The number of thiocarbonyl (C=S) groups is 1. The van der Waals surface area contributed by atoms with Crippen molar-refractivity contribution in [3.05, 3.63) is 67.7 Å². The normalized spacial score (nSPS) is 10.1. The number of carbonyl (C=O) groups excluding carboxylic acids is 1. The van der Waals surface area contributed by atoms with Crippen molar-refractivity contribution in [2.24, 2.45) is 0 Å². The number of halogens is 2. The van der Waals surface area contributed by atoms with Gasteiger partial charge in [0, 0.05) is 11.1 Å². The van der Waals surface area contributed by atoms with E-state index in [4.69, 9.17) is 35.4 Å². The minimum atomic E-state index is -0.552. The van der Waals surface area contributed by atoms with Crippen LogP contribution in [0.25, 0.3) is 0 Å². The van der Waals surface area contributed by atoms with Crippen molar-refractivity contribution in [1.29, 1.82) is 0 Å². The number of hydrogen-bond acceptors (Lipinski definition) is 4. The molecular weight excluding hydrogens is 373 g/mol. The summed E-state index contributed by atoms with van der Waals surface area (Å²) in [7, 11) is 0. The number of aryl methyl sites for hydroxylation is 1. The largest absolute Gasteiger partial charge is 0.327 e. The Balaban J connectivity index is 2.14. The summed E-state index contributed by atoms with van der Waals surface area (Å²) in [5.41, 5.74) is 0.952. The molecule has 0 bridgehead atoms. The smallest absolute Gasteiger partial charge is 0.292 e. The average molecular weight is 384 g/mol. The van der Waals surface area contributed by atoms with Crippen LogP contribution in [0.1, 0.15) is 15.9 Å². The molecule has 0 spiro atoms. The van der Waals surface area contributed by atoms with Gasteiger partial charge in [-0.25, -0.2) is 0 Å². The van der Waals surface area contributed by atoms with Gasteiger partial charge in [0.1, 0.15) is 5.69 Å². The molecule has 0 aliphatic heterocycles. The van der Waals surface area contributed by atoms with Gasteiger partial charge in [-0.15, -0.1) is 0 Å². The predicted octanol–water partition coefficient (Wildman–Crippen LogP) is 4.34. The van der Waals surface area contributed by atoms with E-state index in [0.717, 1.165) is 5.56 Å². The molecule has 9 heteroatoms. The second-order valence-corrected chi connectivity index (χ2v) is 6.06. The van der Waals surface area contributed by atoms with Crippen LogP contribution in [0, 0.1) is 17.0 Å². The van der Waals surface area contributed by atoms with Crippen LogP contribution in [0.3, 0.4) is 0 Å². The Morgan fingerprint density at radius 1 is 1.21 bits per heavy atom. The van der Waals surface area contributed by atoms with Gasteiger partial charge in [-0.05, 0) is 49.0 Å². The average Bonchev–Trinajstić information content (AvgIpc) is 2.48. The molecule has 2 aromatic carbocycles. The molecule has 0 aliphatic rings. The van der Waals surface area contributed by atoms with Crippen LogP contribution in [0.2, 0.25) is 10.0 Å². The van der Waals surface area contributed by atoms with E-state index in [1.807, 2.05) is 0 Å². The van der Waals surface area contributed by atoms with Gasteiger partial charge in [-0.2, -0.15) is 0 Å². The molecule has 0 aromatic heterocycles. The van der Waals surface area contributed by atoms with Gasteiger partial charge in [-0.1, -0.05) is 29.3 Å². The quantitative estimate of drug-likeness (QED) is 0.467. The Bertz CT molecular complexity index is 843. The first-order chi connectivity index (χ1) is 11.3. The lowest BCUT2D eigenvalue weighted by molar-refractivity contribution is -0.383. The lowest BCUT2D eigenvalue weighted by atomic mass is 10.2. The number of nitrogens with one attached hydrogen (secondary N) is 2. The fourth-order valence-electron chi connectivity index (χ4n) is 1.90. The first kappa shape index (κ1) is 18.1. The highest BCUT2D eigenvalue weighted by Crippen LogP contribution is 2.25. The number of benzene rings is 2. The van der Waals surface area contributed by atoms with Crippen LogP contribution < -0.4 is 10.6 Å². The maximum absolute atomic E-state index is 12.2. The molecule has 2 N–H and O–H groups in total. The number of anilines is 1. The summed E-state index contributed by atoms with van der Waals surface area (Å²) in [6, 6.07) is 9.01. The predicted molar refractivity (Wildman–Crippen MR) is 98.0 cm³/mol. The summed E-state index contributed by atoms with van der Waals surface area (Å²) < 4.78 is 0. The van der Waals surface area contributed by atoms with E-state index in [-0.39, 0.29) is 27.1 Å². The molecule has 24 heavy (non-hydrogen) atoms. The Hall–Kier alpha value is -2.22. The molecule has 2 aromatic rings. The number of nitrogens with zero attached hydrogens (tertiary/aromatic N) is 1. The van der Waals surface area contributed by atoms with Gasteiger partial charge < -0.3 is 5.32 Å². The van der Waals surface area contributed by atoms with Crippen molar-refractivity contribution in [3.63, 3.8) is 0 Å². The SMILES string of the molecule is Cc1ccc(NC(=S)NC(=O)c2ccc(Cl)cc2Cl)c([N+](=O)[O-])c1. The van der Waals surface area contributed by atoms with Crippen LogP contribution in [0.15, 0.2) is 36.4 Å². The third kappa shape index (κ3) is 4.41. The van der Waals surface area contributed by atoms with E-state index < -0.39 is 10.8 Å². The molecule has 6 nitrogen and oxygen atoms in total. The van der Waals surface area contributed by atoms with E-state index in [1.165, 1.54) is 30.3 Å². The Morgan fingerprint density at radius 3 is 2.54 bits per heavy atom. The molecule has 0 saturated heterocycles. The molecule has 0 heterocycles. The highest BCUT2D eigenvalue weighted by molar-refractivity contribution is 7.80. The first-order valence-electron chi connectivity index (χ1n) is 6.60. The molecule has 0 unspecified atom stereocenters. The summed E-state index contributed by atoms with van der Waals surface area (Å²) in [4.78, 5) is 22.7. The summed E-state index contributed by atoms with van der Waals surface area (Å²) in [6.07, 6.45) is 0. The van der Waals surface area contributed by atoms with Crippen molar-refractivity contribution in [2.75, 3.05) is 5.32 Å². The van der Waals surface area contributed by atoms with Gasteiger partial charge in [0.25, 0.3) is 11.6 Å². The van der Waals surface area contributed by atoms with Crippen LogP contribution >= 0.6 is 35.4 Å². The zero-order valence-corrected chi connectivity index (χ0v) is 14.6. The standard InChI is InChI=1S/C15H11Cl2N3O3S/c1-8-2-5-12(13(6-8)20(22)23)18-15(24)19-14(21)10-4-3-9(16)7-11(10)17/h2-7H,1H3,(H2,18,19,21,24). The van der Waals surface area contributed by atoms with Crippen LogP contribution in [-0.4, -0.2) is 15.9 Å². The van der Waals surface area contributed by atoms with Crippen molar-refractivity contribution in [3.8, 4) is 0 Å². The summed E-state index contributed by atoms with van der Waals surface area (Å²) >= 11 is 16.8. The molecule has 124 valence electrons. The van der Waals surface area contributed by atoms with E-state index in [2.05, 4.69) is 10.6 Å². The van der Waals surface area contributed by atoms with Crippen LogP contribution in [0.4, 0.5) is 11.4 Å². The highest BCUT2D eigenvalue weighted by Gasteiger charge is 2.17. The molecule has 0 aliphatic carbocycles. The van der Waals surface area contributed by atoms with E-state index in [0.29, 0.717) is 5.02 Å². The fourth-order valence-corrected chi connectivity index (χ4v) is 2.59. The monoisotopic (exact) mass is 383 g/mol. The van der Waals surface area contributed by atoms with Crippen LogP contribution in [-0.2, 0) is 0 Å². The molecule has 1 amide bonds. The maximum Gasteiger partial charge on any atom is 0.292 e. The molecule has 0 fully saturated rings. The number of amides is 1. The molecule has 0 saturated carbocycles.